The van der Waals surface area contributed by atoms with E-state index >= 15 is 0 Å². The van der Waals surface area contributed by atoms with Crippen molar-refractivity contribution in [3.05, 3.63) is 58.9 Å². The number of pyridine rings is 1. The van der Waals surface area contributed by atoms with Gasteiger partial charge in [0.1, 0.15) is 11.4 Å². The van der Waals surface area contributed by atoms with Crippen LogP contribution in [0.25, 0.3) is 0 Å². The monoisotopic (exact) mass is 345 g/mol. The summed E-state index contributed by atoms with van der Waals surface area (Å²) in [6, 6.07) is 9.40. The van der Waals surface area contributed by atoms with Gasteiger partial charge in [0, 0.05) is 43.0 Å². The van der Waals surface area contributed by atoms with E-state index in [4.69, 9.17) is 11.6 Å². The van der Waals surface area contributed by atoms with E-state index in [9.17, 15) is 14.7 Å². The lowest BCUT2D eigenvalue weighted by Crippen LogP contribution is -2.50. The van der Waals surface area contributed by atoms with Gasteiger partial charge in [0.2, 0.25) is 0 Å². The molecule has 2 amide bonds. The molecule has 1 fully saturated rings. The molecule has 0 spiro atoms. The van der Waals surface area contributed by atoms with Crippen molar-refractivity contribution in [3.63, 3.8) is 0 Å². The SMILES string of the molecule is O=C(c1cccc(O)c1)N1CCN(C(=O)c2cc(Cl)ccn2)CC1. The molecule has 1 aromatic carbocycles. The molecule has 0 saturated carbocycles. The Kier molecular flexibility index (Phi) is 4.66. The third kappa shape index (κ3) is 3.49. The van der Waals surface area contributed by atoms with Crippen molar-refractivity contribution < 1.29 is 14.7 Å². The van der Waals surface area contributed by atoms with Crippen molar-refractivity contribution in [1.82, 2.24) is 14.8 Å². The Morgan fingerprint density at radius 1 is 1.00 bits per heavy atom. The fraction of sp³-hybridized carbons (Fsp3) is 0.235. The topological polar surface area (TPSA) is 73.7 Å². The Morgan fingerprint density at radius 3 is 2.29 bits per heavy atom. The summed E-state index contributed by atoms with van der Waals surface area (Å²) in [5.74, 6) is -0.289. The van der Waals surface area contributed by atoms with Crippen LogP contribution in [0.2, 0.25) is 5.02 Å². The molecule has 0 aliphatic carbocycles. The molecule has 0 atom stereocenters. The standard InChI is InChI=1S/C17H16ClN3O3/c18-13-4-5-19-15(11-13)17(24)21-8-6-20(7-9-21)16(23)12-2-1-3-14(22)10-12/h1-5,10-11,22H,6-9H2. The van der Waals surface area contributed by atoms with Crippen molar-refractivity contribution in [2.24, 2.45) is 0 Å². The fourth-order valence-corrected chi connectivity index (χ4v) is 2.78. The van der Waals surface area contributed by atoms with E-state index in [0.717, 1.165) is 0 Å². The molecular weight excluding hydrogens is 330 g/mol. The number of carbonyl (C=O) groups excluding carboxylic acids is 2. The van der Waals surface area contributed by atoms with Crippen LogP contribution < -0.4 is 0 Å². The minimum atomic E-state index is -0.193. The van der Waals surface area contributed by atoms with Gasteiger partial charge in [-0.25, -0.2) is 0 Å². The highest BCUT2D eigenvalue weighted by Crippen LogP contribution is 2.16. The Labute approximate surface area is 144 Å². The number of phenolic OH excluding ortho intramolecular Hbond substituents is 1. The molecule has 24 heavy (non-hydrogen) atoms. The first-order valence-corrected chi connectivity index (χ1v) is 7.91. The number of aromatic hydroxyl groups is 1. The highest BCUT2D eigenvalue weighted by molar-refractivity contribution is 6.30. The number of aromatic nitrogens is 1. The number of halogens is 1. The highest BCUT2D eigenvalue weighted by Gasteiger charge is 2.26. The zero-order valence-electron chi connectivity index (χ0n) is 12.9. The number of carbonyl (C=O) groups is 2. The van der Waals surface area contributed by atoms with Gasteiger partial charge in [-0.2, -0.15) is 0 Å². The smallest absolute Gasteiger partial charge is 0.272 e. The van der Waals surface area contributed by atoms with Gasteiger partial charge in [-0.15, -0.1) is 0 Å². The first-order valence-electron chi connectivity index (χ1n) is 7.54. The van der Waals surface area contributed by atoms with E-state index in [1.807, 2.05) is 0 Å². The number of nitrogens with zero attached hydrogens (tertiary/aromatic N) is 3. The Hall–Kier alpha value is -2.60. The highest BCUT2D eigenvalue weighted by atomic mass is 35.5. The van der Waals surface area contributed by atoms with Gasteiger partial charge in [0.15, 0.2) is 0 Å². The van der Waals surface area contributed by atoms with Crippen LogP contribution in [-0.4, -0.2) is 57.9 Å². The second-order valence-corrected chi connectivity index (χ2v) is 5.93. The number of hydrogen-bond donors (Lipinski definition) is 1. The summed E-state index contributed by atoms with van der Waals surface area (Å²) in [5.41, 5.74) is 0.738. The summed E-state index contributed by atoms with van der Waals surface area (Å²) in [4.78, 5) is 32.2. The summed E-state index contributed by atoms with van der Waals surface area (Å²) in [6.45, 7) is 1.72. The number of hydrogen-bond acceptors (Lipinski definition) is 4. The maximum atomic E-state index is 12.4. The lowest BCUT2D eigenvalue weighted by atomic mass is 10.1. The predicted octanol–water partition coefficient (Wildman–Crippen LogP) is 2.04. The van der Waals surface area contributed by atoms with Gasteiger partial charge in [-0.05, 0) is 30.3 Å². The van der Waals surface area contributed by atoms with Crippen LogP contribution in [0.5, 0.6) is 5.75 Å². The van der Waals surface area contributed by atoms with Crippen LogP contribution >= 0.6 is 11.6 Å². The van der Waals surface area contributed by atoms with Crippen molar-refractivity contribution in [1.29, 1.82) is 0 Å². The van der Waals surface area contributed by atoms with Crippen molar-refractivity contribution in [2.75, 3.05) is 26.2 Å². The summed E-state index contributed by atoms with van der Waals surface area (Å²) < 4.78 is 0. The number of benzene rings is 1. The van der Waals surface area contributed by atoms with Crippen LogP contribution in [-0.2, 0) is 0 Å². The predicted molar refractivity (Wildman–Crippen MR) is 89.2 cm³/mol. The number of phenols is 1. The molecule has 1 aliphatic heterocycles. The molecule has 3 rings (SSSR count). The molecule has 1 aliphatic rings. The molecule has 1 N–H and O–H groups in total. The first kappa shape index (κ1) is 16.3. The van der Waals surface area contributed by atoms with E-state index in [-0.39, 0.29) is 17.6 Å². The second-order valence-electron chi connectivity index (χ2n) is 5.49. The summed E-state index contributed by atoms with van der Waals surface area (Å²) in [6.07, 6.45) is 1.50. The zero-order valence-corrected chi connectivity index (χ0v) is 13.6. The average molecular weight is 346 g/mol. The quantitative estimate of drug-likeness (QED) is 0.904. The molecule has 7 heteroatoms. The van der Waals surface area contributed by atoms with E-state index in [2.05, 4.69) is 4.98 Å². The van der Waals surface area contributed by atoms with Crippen LogP contribution in [0.3, 0.4) is 0 Å². The van der Waals surface area contributed by atoms with E-state index < -0.39 is 0 Å². The van der Waals surface area contributed by atoms with Gasteiger partial charge in [-0.3, -0.25) is 14.6 Å². The molecule has 1 saturated heterocycles. The fourth-order valence-electron chi connectivity index (χ4n) is 2.62. The van der Waals surface area contributed by atoms with Gasteiger partial charge in [-0.1, -0.05) is 17.7 Å². The van der Waals surface area contributed by atoms with Gasteiger partial charge in [0.25, 0.3) is 11.8 Å². The maximum Gasteiger partial charge on any atom is 0.272 e. The van der Waals surface area contributed by atoms with Gasteiger partial charge in [0.05, 0.1) is 0 Å². The molecular formula is C17H16ClN3O3. The minimum absolute atomic E-state index is 0.0571. The Balaban J connectivity index is 1.63. The molecule has 124 valence electrons. The lowest BCUT2D eigenvalue weighted by molar-refractivity contribution is 0.0532. The molecule has 0 radical (unpaired) electrons. The van der Waals surface area contributed by atoms with Gasteiger partial charge < -0.3 is 14.9 Å². The molecule has 2 aromatic rings. The normalized spacial score (nSPS) is 14.5. The molecule has 0 unspecified atom stereocenters. The van der Waals surface area contributed by atoms with E-state index in [1.165, 1.54) is 24.4 Å². The third-order valence-corrected chi connectivity index (χ3v) is 4.12. The number of rotatable bonds is 2. The van der Waals surface area contributed by atoms with Crippen molar-refractivity contribution in [3.8, 4) is 5.75 Å². The second kappa shape index (κ2) is 6.88. The van der Waals surface area contributed by atoms with Crippen LogP contribution in [0.1, 0.15) is 20.8 Å². The largest absolute Gasteiger partial charge is 0.508 e. The van der Waals surface area contributed by atoms with E-state index in [1.54, 1.807) is 28.0 Å². The Bertz CT molecular complexity index is 708. The summed E-state index contributed by atoms with van der Waals surface area (Å²) in [7, 11) is 0. The van der Waals surface area contributed by atoms with Gasteiger partial charge >= 0.3 is 0 Å². The van der Waals surface area contributed by atoms with Crippen LogP contribution in [0.4, 0.5) is 0 Å². The maximum absolute atomic E-state index is 12.4. The number of piperazine rings is 1. The Morgan fingerprint density at radius 2 is 1.67 bits per heavy atom. The minimum Gasteiger partial charge on any atom is -0.508 e. The molecule has 6 nitrogen and oxygen atoms in total. The lowest BCUT2D eigenvalue weighted by Gasteiger charge is -2.34. The molecule has 1 aromatic heterocycles. The third-order valence-electron chi connectivity index (χ3n) is 3.89. The van der Waals surface area contributed by atoms with Crippen LogP contribution in [0, 0.1) is 0 Å². The molecule has 2 heterocycles. The first-order chi connectivity index (χ1) is 11.5. The number of amides is 2. The summed E-state index contributed by atoms with van der Waals surface area (Å²) in [5, 5.41) is 9.95. The average Bonchev–Trinajstić information content (AvgIpc) is 2.60. The van der Waals surface area contributed by atoms with E-state index in [0.29, 0.717) is 42.5 Å². The van der Waals surface area contributed by atoms with Crippen molar-refractivity contribution >= 4 is 23.4 Å². The zero-order chi connectivity index (χ0) is 17.1. The molecule has 0 bridgehead atoms. The van der Waals surface area contributed by atoms with Crippen molar-refractivity contribution in [2.45, 2.75) is 0 Å². The summed E-state index contributed by atoms with van der Waals surface area (Å²) >= 11 is 5.89. The van der Waals surface area contributed by atoms with Crippen LogP contribution in [0.15, 0.2) is 42.6 Å².